The lowest BCUT2D eigenvalue weighted by molar-refractivity contribution is -0.354. The van der Waals surface area contributed by atoms with Crippen molar-refractivity contribution in [1.29, 1.82) is 0 Å². The molecule has 2 bridgehead atoms. The molecule has 3 saturated heterocycles. The third-order valence-corrected chi connectivity index (χ3v) is 8.77. The fourth-order valence-electron chi connectivity index (χ4n) is 5.70. The van der Waals surface area contributed by atoms with Gasteiger partial charge in [-0.05, 0) is 26.3 Å². The number of carbonyl (C=O) groups excluding carboxylic acids is 6. The van der Waals surface area contributed by atoms with Crippen molar-refractivity contribution in [3.05, 3.63) is 0 Å². The van der Waals surface area contributed by atoms with E-state index in [4.69, 9.17) is 14.2 Å². The largest absolute Gasteiger partial charge is 0.435 e. The third-order valence-electron chi connectivity index (χ3n) is 7.97. The van der Waals surface area contributed by atoms with E-state index in [0.29, 0.717) is 24.8 Å². The van der Waals surface area contributed by atoms with Gasteiger partial charge < -0.3 is 29.5 Å². The van der Waals surface area contributed by atoms with Crippen LogP contribution in [0.4, 0.5) is 4.79 Å². The van der Waals surface area contributed by atoms with Crippen LogP contribution in [-0.2, 0) is 38.2 Å². The lowest BCUT2D eigenvalue weighted by Crippen LogP contribution is -2.74. The monoisotopic (exact) mass is 598 g/mol. The van der Waals surface area contributed by atoms with Crippen LogP contribution in [0.15, 0.2) is 0 Å². The number of rotatable bonds is 8. The highest BCUT2D eigenvalue weighted by Crippen LogP contribution is 2.40. The summed E-state index contributed by atoms with van der Waals surface area (Å²) in [4.78, 5) is 80.9. The zero-order valence-corrected chi connectivity index (χ0v) is 24.4. The van der Waals surface area contributed by atoms with Crippen LogP contribution in [0, 0.1) is 5.92 Å². The van der Waals surface area contributed by atoms with E-state index >= 15 is 0 Å². The Hall–Kier alpha value is -2.91. The number of nitrogens with zero attached hydrogens (tertiary/aromatic N) is 3. The van der Waals surface area contributed by atoms with Gasteiger partial charge in [-0.15, -0.1) is 0 Å². The molecular formula is C26H38N4O10S. The van der Waals surface area contributed by atoms with Crippen molar-refractivity contribution in [3.8, 4) is 0 Å². The molecule has 4 rings (SSSR count). The smallest absolute Gasteiger partial charge is 0.398 e. The molecule has 3 aliphatic heterocycles. The Morgan fingerprint density at radius 2 is 1.78 bits per heavy atom. The van der Waals surface area contributed by atoms with Crippen LogP contribution in [0.3, 0.4) is 0 Å². The van der Waals surface area contributed by atoms with E-state index in [9.17, 15) is 33.9 Å². The maximum Gasteiger partial charge on any atom is 0.398 e. The van der Waals surface area contributed by atoms with Crippen LogP contribution < -0.4 is 5.32 Å². The second-order valence-corrected chi connectivity index (χ2v) is 12.4. The summed E-state index contributed by atoms with van der Waals surface area (Å²) in [5.74, 6) is -5.67. The number of piperazine rings is 1. The molecule has 0 aromatic rings. The molecule has 41 heavy (non-hydrogen) atoms. The highest BCUT2D eigenvalue weighted by molar-refractivity contribution is 8.13. The van der Waals surface area contributed by atoms with Crippen LogP contribution >= 0.6 is 11.8 Å². The minimum atomic E-state index is -2.51. The molecule has 4 aliphatic rings. The van der Waals surface area contributed by atoms with Gasteiger partial charge in [0.25, 0.3) is 12.1 Å². The molecule has 1 saturated carbocycles. The summed E-state index contributed by atoms with van der Waals surface area (Å²) in [6.07, 6.45) is 2.17. The molecular weight excluding hydrogens is 560 g/mol. The molecule has 0 aromatic carbocycles. The molecule has 228 valence electrons. The molecule has 14 nitrogen and oxygen atoms in total. The summed E-state index contributed by atoms with van der Waals surface area (Å²) in [6, 6.07) is -1.68. The van der Waals surface area contributed by atoms with Crippen LogP contribution in [0.1, 0.15) is 58.8 Å². The molecule has 2 N–H and O–H groups in total. The standard InChI is InChI=1S/C26H38N4O10S/c1-16(27-24(36)29(12-13-41-17(2)31)9-8-18-6-4-5-7-18)21(34)30-11-10-28(3)22-26(30)39-20(33)15-25(37,23(35)40-26)14-19(32)38-22/h16,18,22,37H,4-15H2,1-3H3,(H,27,36)/t16-,22?,25?,26?/m0/s1. The summed E-state index contributed by atoms with van der Waals surface area (Å²) in [7, 11) is 1.54. The van der Waals surface area contributed by atoms with Gasteiger partial charge in [-0.2, -0.15) is 0 Å². The first kappa shape index (κ1) is 31.0. The Morgan fingerprint density at radius 3 is 2.46 bits per heavy atom. The van der Waals surface area contributed by atoms with Crippen molar-refractivity contribution >= 4 is 46.7 Å². The predicted molar refractivity (Wildman–Crippen MR) is 143 cm³/mol. The number of hydrogen-bond donors (Lipinski definition) is 2. The zero-order chi connectivity index (χ0) is 29.9. The number of likely N-dealkylation sites (N-methyl/N-ethyl adjacent to an activating group) is 1. The van der Waals surface area contributed by atoms with E-state index in [1.807, 2.05) is 0 Å². The van der Waals surface area contributed by atoms with Gasteiger partial charge in [0.1, 0.15) is 6.04 Å². The average molecular weight is 599 g/mol. The van der Waals surface area contributed by atoms with Gasteiger partial charge in [-0.1, -0.05) is 37.4 Å². The number of carbonyl (C=O) groups is 6. The van der Waals surface area contributed by atoms with Crippen molar-refractivity contribution in [2.24, 2.45) is 5.92 Å². The molecule has 15 heteroatoms. The molecule has 4 atom stereocenters. The van der Waals surface area contributed by atoms with Gasteiger partial charge in [0, 0.05) is 38.9 Å². The number of esters is 3. The van der Waals surface area contributed by atoms with E-state index in [2.05, 4.69) is 5.32 Å². The number of ether oxygens (including phenoxy) is 3. The first-order valence-corrected chi connectivity index (χ1v) is 14.9. The summed E-state index contributed by atoms with van der Waals surface area (Å²) in [5, 5.41) is 13.4. The zero-order valence-electron chi connectivity index (χ0n) is 23.6. The highest BCUT2D eigenvalue weighted by Gasteiger charge is 2.66. The third kappa shape index (κ3) is 6.78. The number of nitrogens with one attached hydrogen (secondary N) is 1. The molecule has 0 aromatic heterocycles. The van der Waals surface area contributed by atoms with Gasteiger partial charge in [-0.25, -0.2) is 9.59 Å². The van der Waals surface area contributed by atoms with Crippen molar-refractivity contribution < 1.29 is 48.1 Å². The first-order valence-electron chi connectivity index (χ1n) is 13.9. The molecule has 3 heterocycles. The van der Waals surface area contributed by atoms with E-state index in [1.165, 1.54) is 25.8 Å². The molecule has 0 radical (unpaired) electrons. The molecule has 1 spiro atoms. The minimum absolute atomic E-state index is 0.0622. The van der Waals surface area contributed by atoms with Gasteiger partial charge >= 0.3 is 29.9 Å². The van der Waals surface area contributed by atoms with E-state index in [-0.39, 0.29) is 18.2 Å². The first-order chi connectivity index (χ1) is 19.3. The fourth-order valence-corrected chi connectivity index (χ4v) is 6.30. The summed E-state index contributed by atoms with van der Waals surface area (Å²) >= 11 is 1.11. The quantitative estimate of drug-likeness (QED) is 0.363. The molecule has 1 aliphatic carbocycles. The Morgan fingerprint density at radius 1 is 1.10 bits per heavy atom. The average Bonchev–Trinajstić information content (AvgIpc) is 3.38. The van der Waals surface area contributed by atoms with Crippen LogP contribution in [0.5, 0.6) is 0 Å². The number of urea groups is 1. The number of aliphatic hydroxyl groups is 1. The number of amides is 3. The second kappa shape index (κ2) is 12.5. The van der Waals surface area contributed by atoms with Crippen molar-refractivity contribution in [2.75, 3.05) is 39.0 Å². The molecule has 3 amide bonds. The van der Waals surface area contributed by atoms with Gasteiger partial charge in [0.05, 0.1) is 12.8 Å². The summed E-state index contributed by atoms with van der Waals surface area (Å²) in [5.41, 5.74) is -2.51. The van der Waals surface area contributed by atoms with E-state index in [1.54, 1.807) is 4.90 Å². The van der Waals surface area contributed by atoms with Crippen LogP contribution in [0.25, 0.3) is 0 Å². The van der Waals surface area contributed by atoms with Gasteiger partial charge in [0.15, 0.2) is 10.7 Å². The highest BCUT2D eigenvalue weighted by atomic mass is 32.2. The summed E-state index contributed by atoms with van der Waals surface area (Å²) in [6.45, 7) is 3.70. The topological polar surface area (TPSA) is 172 Å². The van der Waals surface area contributed by atoms with Crippen molar-refractivity contribution in [2.45, 2.75) is 82.6 Å². The Balaban J connectivity index is 1.53. The van der Waals surface area contributed by atoms with Gasteiger partial charge in [-0.3, -0.25) is 29.0 Å². The second-order valence-electron chi connectivity index (χ2n) is 11.1. The number of hydrogen-bond acceptors (Lipinski definition) is 12. The maximum atomic E-state index is 13.8. The van der Waals surface area contributed by atoms with Crippen LogP contribution in [-0.4, -0.2) is 118 Å². The molecule has 4 fully saturated rings. The van der Waals surface area contributed by atoms with Crippen molar-refractivity contribution in [3.63, 3.8) is 0 Å². The fraction of sp³-hybridized carbons (Fsp3) is 0.769. The van der Waals surface area contributed by atoms with Gasteiger partial charge in [0.2, 0.25) is 0 Å². The van der Waals surface area contributed by atoms with E-state index < -0.39 is 66.5 Å². The normalized spacial score (nSPS) is 29.3. The Kier molecular flexibility index (Phi) is 9.49. The number of fused-ring (bicyclic) bond motifs is 2. The summed E-state index contributed by atoms with van der Waals surface area (Å²) < 4.78 is 16.5. The lowest BCUT2D eigenvalue weighted by atomic mass is 9.95. The minimum Gasteiger partial charge on any atom is -0.435 e. The number of thioether (sulfide) groups is 1. The van der Waals surface area contributed by atoms with E-state index in [0.717, 1.165) is 48.8 Å². The maximum absolute atomic E-state index is 13.8. The van der Waals surface area contributed by atoms with Crippen LogP contribution in [0.2, 0.25) is 0 Å². The molecule has 3 unspecified atom stereocenters. The van der Waals surface area contributed by atoms with Crippen molar-refractivity contribution in [1.82, 2.24) is 20.0 Å². The lowest BCUT2D eigenvalue weighted by Gasteiger charge is -2.51. The Bertz CT molecular complexity index is 1080. The Labute approximate surface area is 242 Å². The SMILES string of the molecule is CC(=O)SCCN(CCC1CCCC1)C(=O)N[C@@H](C)C(=O)N1CCN(C)C2OC(=O)CC3(O)CC(=O)OC21OC3=O. The predicted octanol–water partition coefficient (Wildman–Crippen LogP) is 0.169.